The summed E-state index contributed by atoms with van der Waals surface area (Å²) < 4.78 is 20.8. The fraction of sp³-hybridized carbons (Fsp3) is 0.118. The molecule has 1 amide bonds. The lowest BCUT2D eigenvalue weighted by atomic mass is 10.2. The predicted octanol–water partition coefficient (Wildman–Crippen LogP) is 4.59. The van der Waals surface area contributed by atoms with Crippen LogP contribution in [0.15, 0.2) is 52.9 Å². The molecule has 26 heavy (non-hydrogen) atoms. The monoisotopic (exact) mass is 501 g/mol. The minimum Gasteiger partial charge on any atom is -0.484 e. The van der Waals surface area contributed by atoms with Gasteiger partial charge in [-0.15, -0.1) is 10.2 Å². The predicted molar refractivity (Wildman–Crippen MR) is 109 cm³/mol. The zero-order chi connectivity index (χ0) is 18.4. The Bertz CT molecular complexity index is 890. The number of rotatable bonds is 7. The van der Waals surface area contributed by atoms with Gasteiger partial charge in [0, 0.05) is 9.32 Å². The number of anilines is 1. The second kappa shape index (κ2) is 9.28. The van der Waals surface area contributed by atoms with Crippen LogP contribution in [0.3, 0.4) is 0 Å². The largest absolute Gasteiger partial charge is 0.484 e. The van der Waals surface area contributed by atoms with Gasteiger partial charge in [-0.05, 0) is 58.5 Å². The van der Waals surface area contributed by atoms with Crippen molar-refractivity contribution in [3.63, 3.8) is 0 Å². The first-order valence-corrected chi connectivity index (χ1v) is 10.4. The number of carbonyl (C=O) groups excluding carboxylic acids is 1. The Morgan fingerprint density at radius 2 is 1.96 bits per heavy atom. The maximum atomic E-state index is 13.6. The molecule has 0 aliphatic carbocycles. The number of aromatic nitrogens is 2. The summed E-state index contributed by atoms with van der Waals surface area (Å²) in [5.41, 5.74) is 0.601. The molecule has 0 aliphatic rings. The van der Waals surface area contributed by atoms with E-state index in [0.717, 1.165) is 3.57 Å². The van der Waals surface area contributed by atoms with Gasteiger partial charge in [0.25, 0.3) is 5.91 Å². The summed E-state index contributed by atoms with van der Waals surface area (Å²) in [6, 6.07) is 14.0. The van der Waals surface area contributed by atoms with Gasteiger partial charge in [-0.25, -0.2) is 4.39 Å². The zero-order valence-electron chi connectivity index (χ0n) is 13.3. The number of carbonyl (C=O) groups is 1. The van der Waals surface area contributed by atoms with Crippen molar-refractivity contribution in [3.8, 4) is 5.75 Å². The van der Waals surface area contributed by atoms with Crippen molar-refractivity contribution in [2.75, 3.05) is 11.9 Å². The smallest absolute Gasteiger partial charge is 0.264 e. The molecule has 0 radical (unpaired) electrons. The quantitative estimate of drug-likeness (QED) is 0.292. The van der Waals surface area contributed by atoms with Crippen LogP contribution >= 0.6 is 45.7 Å². The number of amides is 1. The summed E-state index contributed by atoms with van der Waals surface area (Å²) >= 11 is 4.80. The highest BCUT2D eigenvalue weighted by Crippen LogP contribution is 2.28. The van der Waals surface area contributed by atoms with E-state index in [9.17, 15) is 9.18 Å². The summed E-state index contributed by atoms with van der Waals surface area (Å²) in [6.45, 7) is -0.113. The van der Waals surface area contributed by atoms with Crippen LogP contribution in [0.2, 0.25) is 0 Å². The number of halogens is 2. The average Bonchev–Trinajstić information content (AvgIpc) is 3.08. The number of hydrogen-bond acceptors (Lipinski definition) is 6. The van der Waals surface area contributed by atoms with E-state index in [1.807, 2.05) is 12.1 Å². The van der Waals surface area contributed by atoms with Crippen LogP contribution in [-0.2, 0) is 10.5 Å². The van der Waals surface area contributed by atoms with Crippen LogP contribution in [0.25, 0.3) is 0 Å². The molecule has 1 heterocycles. The molecule has 0 bridgehead atoms. The molecule has 0 unspecified atom stereocenters. The molecule has 1 N–H and O–H groups in total. The van der Waals surface area contributed by atoms with Crippen molar-refractivity contribution >= 4 is 56.7 Å². The Hall–Kier alpha value is -1.72. The first kappa shape index (κ1) is 19.1. The Morgan fingerprint density at radius 3 is 2.73 bits per heavy atom. The Labute approximate surface area is 171 Å². The maximum Gasteiger partial charge on any atom is 0.264 e. The third-order valence-corrected chi connectivity index (χ3v) is 5.89. The van der Waals surface area contributed by atoms with Crippen molar-refractivity contribution in [2.45, 2.75) is 10.1 Å². The minimum atomic E-state index is -0.314. The molecular weight excluding hydrogens is 488 g/mol. The van der Waals surface area contributed by atoms with Gasteiger partial charge in [0.05, 0.1) is 0 Å². The lowest BCUT2D eigenvalue weighted by Gasteiger charge is -2.05. The molecule has 3 aromatic rings. The first-order chi connectivity index (χ1) is 12.6. The maximum absolute atomic E-state index is 13.6. The second-order valence-corrected chi connectivity index (χ2v) is 8.49. The highest BCUT2D eigenvalue weighted by atomic mass is 127. The van der Waals surface area contributed by atoms with Crippen molar-refractivity contribution in [3.05, 3.63) is 63.5 Å². The van der Waals surface area contributed by atoms with Crippen molar-refractivity contribution in [2.24, 2.45) is 0 Å². The standard InChI is InChI=1S/C17H13FIN3O2S2/c18-14-4-2-1-3-11(14)10-25-17-22-21-16(26-17)20-15(23)9-24-13-7-5-12(19)6-8-13/h1-8H,9-10H2,(H,20,21,23). The number of ether oxygens (including phenoxy) is 1. The lowest BCUT2D eigenvalue weighted by molar-refractivity contribution is -0.118. The number of benzene rings is 2. The highest BCUT2D eigenvalue weighted by Gasteiger charge is 2.10. The summed E-state index contributed by atoms with van der Waals surface area (Å²) in [4.78, 5) is 11.9. The molecule has 0 fully saturated rings. The van der Waals surface area contributed by atoms with Gasteiger partial charge in [-0.2, -0.15) is 0 Å². The molecule has 0 spiro atoms. The van der Waals surface area contributed by atoms with E-state index in [0.29, 0.717) is 26.5 Å². The fourth-order valence-corrected chi connectivity index (χ4v) is 4.02. The molecule has 9 heteroatoms. The van der Waals surface area contributed by atoms with Crippen LogP contribution in [-0.4, -0.2) is 22.7 Å². The molecule has 2 aromatic carbocycles. The van der Waals surface area contributed by atoms with E-state index < -0.39 is 0 Å². The topological polar surface area (TPSA) is 64.1 Å². The van der Waals surface area contributed by atoms with Crippen LogP contribution in [0.1, 0.15) is 5.56 Å². The molecule has 1 aromatic heterocycles. The van der Waals surface area contributed by atoms with E-state index in [-0.39, 0.29) is 18.3 Å². The highest BCUT2D eigenvalue weighted by molar-refractivity contribution is 14.1. The Kier molecular flexibility index (Phi) is 6.80. The van der Waals surface area contributed by atoms with Crippen LogP contribution in [0.4, 0.5) is 9.52 Å². The number of hydrogen-bond donors (Lipinski definition) is 1. The van der Waals surface area contributed by atoms with Gasteiger partial charge in [-0.1, -0.05) is 41.3 Å². The third-order valence-electron chi connectivity index (χ3n) is 3.15. The summed E-state index contributed by atoms with van der Waals surface area (Å²) in [5.74, 6) is 0.514. The fourth-order valence-electron chi connectivity index (χ4n) is 1.91. The summed E-state index contributed by atoms with van der Waals surface area (Å²) in [6.07, 6.45) is 0. The average molecular weight is 501 g/mol. The normalized spacial score (nSPS) is 10.5. The van der Waals surface area contributed by atoms with Gasteiger partial charge in [0.1, 0.15) is 11.6 Å². The van der Waals surface area contributed by atoms with Crippen LogP contribution in [0, 0.1) is 9.39 Å². The molecule has 0 saturated carbocycles. The first-order valence-electron chi connectivity index (χ1n) is 7.48. The van der Waals surface area contributed by atoms with Crippen LogP contribution in [0.5, 0.6) is 5.75 Å². The van der Waals surface area contributed by atoms with E-state index >= 15 is 0 Å². The number of thioether (sulfide) groups is 1. The van der Waals surface area contributed by atoms with Crippen LogP contribution < -0.4 is 10.1 Å². The van der Waals surface area contributed by atoms with Crippen molar-refractivity contribution < 1.29 is 13.9 Å². The van der Waals surface area contributed by atoms with Crippen molar-refractivity contribution in [1.82, 2.24) is 10.2 Å². The van der Waals surface area contributed by atoms with E-state index in [1.54, 1.807) is 30.3 Å². The molecular formula is C17H13FIN3O2S2. The minimum absolute atomic E-state index is 0.113. The Morgan fingerprint density at radius 1 is 1.19 bits per heavy atom. The number of nitrogens with zero attached hydrogens (tertiary/aromatic N) is 2. The lowest BCUT2D eigenvalue weighted by Crippen LogP contribution is -2.20. The molecule has 0 aliphatic heterocycles. The molecule has 5 nitrogen and oxygen atoms in total. The van der Waals surface area contributed by atoms with E-state index in [4.69, 9.17) is 4.74 Å². The molecule has 0 atom stereocenters. The molecule has 134 valence electrons. The van der Waals surface area contributed by atoms with Gasteiger partial charge in [-0.3, -0.25) is 10.1 Å². The number of nitrogens with one attached hydrogen (secondary N) is 1. The zero-order valence-corrected chi connectivity index (χ0v) is 17.1. The van der Waals surface area contributed by atoms with E-state index in [1.165, 1.54) is 29.2 Å². The summed E-state index contributed by atoms with van der Waals surface area (Å²) in [7, 11) is 0. The third kappa shape index (κ3) is 5.64. The van der Waals surface area contributed by atoms with Gasteiger partial charge in [0.15, 0.2) is 10.9 Å². The molecule has 3 rings (SSSR count). The molecule has 0 saturated heterocycles. The Balaban J connectivity index is 1.47. The van der Waals surface area contributed by atoms with E-state index in [2.05, 4.69) is 38.1 Å². The van der Waals surface area contributed by atoms with Gasteiger partial charge < -0.3 is 4.74 Å². The summed E-state index contributed by atoms with van der Waals surface area (Å²) in [5, 5.41) is 10.9. The van der Waals surface area contributed by atoms with Crippen molar-refractivity contribution in [1.29, 1.82) is 0 Å². The van der Waals surface area contributed by atoms with Gasteiger partial charge in [0.2, 0.25) is 5.13 Å². The SMILES string of the molecule is O=C(COc1ccc(I)cc1)Nc1nnc(SCc2ccccc2F)s1. The second-order valence-electron chi connectivity index (χ2n) is 5.04. The van der Waals surface area contributed by atoms with Gasteiger partial charge >= 0.3 is 0 Å².